The summed E-state index contributed by atoms with van der Waals surface area (Å²) in [5, 5.41) is 10.9. The zero-order valence-corrected chi connectivity index (χ0v) is 16.4. The van der Waals surface area contributed by atoms with Gasteiger partial charge in [-0.1, -0.05) is 41.8 Å². The molecule has 1 aromatic heterocycles. The van der Waals surface area contributed by atoms with E-state index in [0.29, 0.717) is 23.6 Å². The summed E-state index contributed by atoms with van der Waals surface area (Å²) < 4.78 is 6.53. The van der Waals surface area contributed by atoms with Crippen molar-refractivity contribution in [3.05, 3.63) is 29.8 Å². The predicted octanol–water partition coefficient (Wildman–Crippen LogP) is 3.14. The highest BCUT2D eigenvalue weighted by atomic mass is 32.2. The van der Waals surface area contributed by atoms with Crippen molar-refractivity contribution in [1.29, 1.82) is 0 Å². The van der Waals surface area contributed by atoms with Crippen LogP contribution in [-0.2, 0) is 4.79 Å². The highest BCUT2D eigenvalue weighted by Crippen LogP contribution is 2.29. The van der Waals surface area contributed by atoms with Crippen LogP contribution in [0.25, 0.3) is 0 Å². The number of carbonyl (C=O) groups excluding carboxylic acids is 2. The van der Waals surface area contributed by atoms with E-state index in [2.05, 4.69) is 15.5 Å². The van der Waals surface area contributed by atoms with E-state index < -0.39 is 0 Å². The van der Waals surface area contributed by atoms with Crippen molar-refractivity contribution < 1.29 is 14.3 Å². The molecule has 0 aliphatic heterocycles. The first-order valence-corrected chi connectivity index (χ1v) is 10.4. The maximum absolute atomic E-state index is 12.2. The molecule has 0 saturated heterocycles. The van der Waals surface area contributed by atoms with Gasteiger partial charge in [0.15, 0.2) is 14.5 Å². The number of rotatable bonds is 10. The third kappa shape index (κ3) is 6.68. The zero-order chi connectivity index (χ0) is 18.1. The lowest BCUT2D eigenvalue weighted by Crippen LogP contribution is -2.25. The molecule has 0 atom stereocenters. The number of ketones is 1. The Labute approximate surface area is 159 Å². The predicted molar refractivity (Wildman–Crippen MR) is 102 cm³/mol. The first-order valence-electron chi connectivity index (χ1n) is 7.65. The molecule has 0 fully saturated rings. The molecule has 1 N–H and O–H groups in total. The number of Topliss-reactive ketones (excluding diaryl/α,β-unsaturated/α-hetero) is 1. The lowest BCUT2D eigenvalue weighted by atomic mass is 10.1. The fourth-order valence-electron chi connectivity index (χ4n) is 1.74. The summed E-state index contributed by atoms with van der Waals surface area (Å²) in [6.07, 6.45) is 0.915. The summed E-state index contributed by atoms with van der Waals surface area (Å²) in [4.78, 5) is 23.7. The number of aromatic nitrogens is 2. The fourth-order valence-corrected chi connectivity index (χ4v) is 4.49. The molecule has 0 radical (unpaired) electrons. The number of amides is 1. The van der Waals surface area contributed by atoms with E-state index in [1.54, 1.807) is 31.4 Å². The van der Waals surface area contributed by atoms with E-state index in [9.17, 15) is 9.59 Å². The number of nitrogens with one attached hydrogen (secondary N) is 1. The number of benzene rings is 1. The van der Waals surface area contributed by atoms with Gasteiger partial charge in [0.05, 0.1) is 18.6 Å². The Morgan fingerprint density at radius 1 is 1.12 bits per heavy atom. The second kappa shape index (κ2) is 10.4. The zero-order valence-electron chi connectivity index (χ0n) is 14.0. The maximum Gasteiger partial charge on any atom is 0.230 e. The largest absolute Gasteiger partial charge is 0.497 e. The molecule has 9 heteroatoms. The van der Waals surface area contributed by atoms with Gasteiger partial charge in [-0.05, 0) is 30.7 Å². The summed E-state index contributed by atoms with van der Waals surface area (Å²) in [7, 11) is 1.59. The number of ether oxygens (including phenoxy) is 1. The molecule has 134 valence electrons. The third-order valence-electron chi connectivity index (χ3n) is 3.03. The van der Waals surface area contributed by atoms with Gasteiger partial charge in [0.25, 0.3) is 0 Å². The lowest BCUT2D eigenvalue weighted by Gasteiger charge is -2.02. The van der Waals surface area contributed by atoms with Gasteiger partial charge in [-0.2, -0.15) is 0 Å². The van der Waals surface area contributed by atoms with Crippen molar-refractivity contribution in [2.75, 3.05) is 25.2 Å². The van der Waals surface area contributed by atoms with Crippen LogP contribution in [0.3, 0.4) is 0 Å². The van der Waals surface area contributed by atoms with Crippen LogP contribution in [0.1, 0.15) is 23.7 Å². The average Bonchev–Trinajstić information content (AvgIpc) is 3.10. The fraction of sp³-hybridized carbons (Fsp3) is 0.375. The smallest absolute Gasteiger partial charge is 0.230 e. The van der Waals surface area contributed by atoms with E-state index in [1.807, 2.05) is 6.92 Å². The molecule has 0 unspecified atom stereocenters. The van der Waals surface area contributed by atoms with Gasteiger partial charge < -0.3 is 10.1 Å². The van der Waals surface area contributed by atoms with E-state index in [0.717, 1.165) is 20.8 Å². The van der Waals surface area contributed by atoms with Crippen LogP contribution in [0.15, 0.2) is 32.9 Å². The second-order valence-corrected chi connectivity index (χ2v) is 8.34. The van der Waals surface area contributed by atoms with Crippen molar-refractivity contribution >= 4 is 46.6 Å². The van der Waals surface area contributed by atoms with E-state index in [4.69, 9.17) is 4.74 Å². The minimum absolute atomic E-state index is 0.00839. The summed E-state index contributed by atoms with van der Waals surface area (Å²) >= 11 is 4.10. The van der Waals surface area contributed by atoms with Gasteiger partial charge in [0.1, 0.15) is 5.75 Å². The van der Waals surface area contributed by atoms with Crippen LogP contribution in [0.4, 0.5) is 0 Å². The highest BCUT2D eigenvalue weighted by Gasteiger charge is 2.11. The van der Waals surface area contributed by atoms with Crippen molar-refractivity contribution in [2.45, 2.75) is 22.0 Å². The monoisotopic (exact) mass is 397 g/mol. The summed E-state index contributed by atoms with van der Waals surface area (Å²) in [6.45, 7) is 2.69. The molecule has 6 nitrogen and oxygen atoms in total. The molecule has 1 heterocycles. The summed E-state index contributed by atoms with van der Waals surface area (Å²) in [5.41, 5.74) is 0.639. The summed E-state index contributed by atoms with van der Waals surface area (Å²) in [6, 6.07) is 7.03. The first kappa shape index (κ1) is 19.7. The van der Waals surface area contributed by atoms with Gasteiger partial charge in [0.2, 0.25) is 5.91 Å². The van der Waals surface area contributed by atoms with Crippen molar-refractivity contribution in [2.24, 2.45) is 0 Å². The SMILES string of the molecule is CCCNC(=O)CSc1nnc(SCC(=O)c2ccc(OC)cc2)s1. The minimum atomic E-state index is -0.00839. The Kier molecular flexibility index (Phi) is 8.23. The number of hydrogen-bond donors (Lipinski definition) is 1. The third-order valence-corrected chi connectivity index (χ3v) is 6.22. The molecular formula is C16H19N3O3S3. The standard InChI is InChI=1S/C16H19N3O3S3/c1-3-8-17-14(21)10-24-16-19-18-15(25-16)23-9-13(20)11-4-6-12(22-2)7-5-11/h4-7H,3,8-10H2,1-2H3,(H,17,21). The van der Waals surface area contributed by atoms with Crippen LogP contribution >= 0.6 is 34.9 Å². The van der Waals surface area contributed by atoms with Gasteiger partial charge in [-0.15, -0.1) is 10.2 Å². The molecule has 2 aromatic rings. The summed E-state index contributed by atoms with van der Waals surface area (Å²) in [5.74, 6) is 1.35. The molecule has 0 aliphatic carbocycles. The van der Waals surface area contributed by atoms with Crippen LogP contribution < -0.4 is 10.1 Å². The molecule has 1 aromatic carbocycles. The Bertz CT molecular complexity index is 704. The number of thioether (sulfide) groups is 2. The number of carbonyl (C=O) groups is 2. The van der Waals surface area contributed by atoms with Crippen LogP contribution in [0, 0.1) is 0 Å². The molecule has 1 amide bonds. The average molecular weight is 398 g/mol. The molecule has 0 bridgehead atoms. The van der Waals surface area contributed by atoms with E-state index >= 15 is 0 Å². The minimum Gasteiger partial charge on any atom is -0.497 e. The Balaban J connectivity index is 1.78. The molecule has 0 spiro atoms. The van der Waals surface area contributed by atoms with E-state index in [1.165, 1.54) is 34.9 Å². The number of nitrogens with zero attached hydrogens (tertiary/aromatic N) is 2. The maximum atomic E-state index is 12.2. The molecular weight excluding hydrogens is 378 g/mol. The molecule has 25 heavy (non-hydrogen) atoms. The Hall–Kier alpha value is -1.58. The van der Waals surface area contributed by atoms with Gasteiger partial charge in [-0.3, -0.25) is 9.59 Å². The normalized spacial score (nSPS) is 10.5. The number of hydrogen-bond acceptors (Lipinski definition) is 8. The molecule has 0 aliphatic rings. The van der Waals surface area contributed by atoms with Gasteiger partial charge >= 0.3 is 0 Å². The van der Waals surface area contributed by atoms with Crippen molar-refractivity contribution in [1.82, 2.24) is 15.5 Å². The van der Waals surface area contributed by atoms with Crippen molar-refractivity contribution in [3.63, 3.8) is 0 Å². The van der Waals surface area contributed by atoms with Gasteiger partial charge in [-0.25, -0.2) is 0 Å². The Morgan fingerprint density at radius 3 is 2.36 bits per heavy atom. The van der Waals surface area contributed by atoms with E-state index in [-0.39, 0.29) is 11.7 Å². The highest BCUT2D eigenvalue weighted by molar-refractivity contribution is 8.03. The number of methoxy groups -OCH3 is 1. The Morgan fingerprint density at radius 2 is 1.76 bits per heavy atom. The van der Waals surface area contributed by atoms with Crippen molar-refractivity contribution in [3.8, 4) is 5.75 Å². The molecule has 0 saturated carbocycles. The van der Waals surface area contributed by atoms with Crippen LogP contribution in [-0.4, -0.2) is 47.0 Å². The quantitative estimate of drug-likeness (QED) is 0.487. The van der Waals surface area contributed by atoms with Gasteiger partial charge in [0, 0.05) is 12.1 Å². The second-order valence-electron chi connectivity index (χ2n) is 4.91. The van der Waals surface area contributed by atoms with Crippen LogP contribution in [0.2, 0.25) is 0 Å². The lowest BCUT2D eigenvalue weighted by molar-refractivity contribution is -0.118. The molecule has 2 rings (SSSR count). The topological polar surface area (TPSA) is 81.2 Å². The van der Waals surface area contributed by atoms with Crippen LogP contribution in [0.5, 0.6) is 5.75 Å². The first-order chi connectivity index (χ1) is 12.1.